The van der Waals surface area contributed by atoms with Crippen LogP contribution < -0.4 is 4.90 Å². The Balaban J connectivity index is 1.55. The van der Waals surface area contributed by atoms with Gasteiger partial charge in [0, 0.05) is 22.8 Å². The minimum Gasteiger partial charge on any atom is -0.467 e. The van der Waals surface area contributed by atoms with Crippen molar-refractivity contribution in [1.29, 1.82) is 0 Å². The summed E-state index contributed by atoms with van der Waals surface area (Å²) in [7, 11) is 0. The molecule has 0 N–H and O–H groups in total. The zero-order valence-corrected chi connectivity index (χ0v) is 19.6. The molecule has 0 saturated heterocycles. The Kier molecular flexibility index (Phi) is 5.75. The fraction of sp³-hybridized carbons (Fsp3) is 0.185. The zero-order valence-electron chi connectivity index (χ0n) is 18.9. The summed E-state index contributed by atoms with van der Waals surface area (Å²) >= 11 is 6.11. The van der Waals surface area contributed by atoms with Crippen molar-refractivity contribution in [1.82, 2.24) is 9.47 Å². The predicted octanol–water partition coefficient (Wildman–Crippen LogP) is 5.71. The van der Waals surface area contributed by atoms with E-state index in [9.17, 15) is 9.59 Å². The van der Waals surface area contributed by atoms with Crippen molar-refractivity contribution in [3.05, 3.63) is 107 Å². The fourth-order valence-electron chi connectivity index (χ4n) is 4.48. The zero-order chi connectivity index (χ0) is 23.8. The molecule has 0 aliphatic carbocycles. The first-order valence-corrected chi connectivity index (χ1v) is 11.5. The van der Waals surface area contributed by atoms with E-state index in [4.69, 9.17) is 16.0 Å². The van der Waals surface area contributed by atoms with E-state index >= 15 is 0 Å². The second-order valence-corrected chi connectivity index (χ2v) is 8.95. The first kappa shape index (κ1) is 22.0. The van der Waals surface area contributed by atoms with Gasteiger partial charge in [0.1, 0.15) is 18.3 Å². The van der Waals surface area contributed by atoms with Gasteiger partial charge < -0.3 is 13.9 Å². The Morgan fingerprint density at radius 2 is 1.79 bits per heavy atom. The van der Waals surface area contributed by atoms with E-state index in [-0.39, 0.29) is 24.4 Å². The molecule has 1 aliphatic heterocycles. The van der Waals surface area contributed by atoms with E-state index in [1.54, 1.807) is 40.3 Å². The van der Waals surface area contributed by atoms with Crippen molar-refractivity contribution < 1.29 is 14.0 Å². The summed E-state index contributed by atoms with van der Waals surface area (Å²) in [5, 5.41) is 0.476. The van der Waals surface area contributed by atoms with E-state index in [2.05, 4.69) is 4.57 Å². The van der Waals surface area contributed by atoms with Crippen LogP contribution in [0.2, 0.25) is 5.02 Å². The van der Waals surface area contributed by atoms with Gasteiger partial charge in [-0.25, -0.2) is 0 Å². The first-order valence-electron chi connectivity index (χ1n) is 11.1. The molecule has 1 atom stereocenters. The molecular weight excluding hydrogens is 450 g/mol. The van der Waals surface area contributed by atoms with Gasteiger partial charge in [-0.05, 0) is 68.4 Å². The summed E-state index contributed by atoms with van der Waals surface area (Å²) in [6.45, 7) is 3.71. The monoisotopic (exact) mass is 473 g/mol. The van der Waals surface area contributed by atoms with Crippen molar-refractivity contribution in [2.45, 2.75) is 25.9 Å². The van der Waals surface area contributed by atoms with Gasteiger partial charge >= 0.3 is 0 Å². The fourth-order valence-corrected chi connectivity index (χ4v) is 4.67. The highest BCUT2D eigenvalue weighted by Crippen LogP contribution is 2.42. The number of carbonyl (C=O) groups is 2. The average molecular weight is 474 g/mol. The van der Waals surface area contributed by atoms with Crippen LogP contribution in [0.3, 0.4) is 0 Å². The maximum Gasteiger partial charge on any atom is 0.254 e. The van der Waals surface area contributed by atoms with Crippen molar-refractivity contribution in [2.75, 3.05) is 11.4 Å². The molecule has 6 nitrogen and oxygen atoms in total. The largest absolute Gasteiger partial charge is 0.467 e. The number of fused-ring (bicyclic) bond motifs is 3. The second kappa shape index (κ2) is 8.88. The number of benzene rings is 2. The lowest BCUT2D eigenvalue weighted by molar-refractivity contribution is -0.120. The van der Waals surface area contributed by atoms with Crippen LogP contribution in [0.5, 0.6) is 0 Å². The Morgan fingerprint density at radius 3 is 2.50 bits per heavy atom. The number of hydrogen-bond acceptors (Lipinski definition) is 3. The molecule has 0 fully saturated rings. The SMILES string of the molecule is CC(C)N(CC(=O)N1c2ccccc2-n2cccc2C1c1ccco1)C(=O)c1cccc(Cl)c1. The Morgan fingerprint density at radius 1 is 1.00 bits per heavy atom. The molecule has 7 heteroatoms. The molecule has 5 rings (SSSR count). The Bertz CT molecular complexity index is 1340. The number of nitrogens with zero attached hydrogens (tertiary/aromatic N) is 3. The molecule has 34 heavy (non-hydrogen) atoms. The summed E-state index contributed by atoms with van der Waals surface area (Å²) in [6, 6.07) is 21.5. The van der Waals surface area contributed by atoms with Crippen LogP contribution in [0.1, 0.15) is 41.7 Å². The summed E-state index contributed by atoms with van der Waals surface area (Å²) in [5.41, 5.74) is 3.02. The van der Waals surface area contributed by atoms with Gasteiger partial charge in [0.05, 0.1) is 23.3 Å². The quantitative estimate of drug-likeness (QED) is 0.373. The van der Waals surface area contributed by atoms with Crippen LogP contribution in [0.25, 0.3) is 5.69 Å². The van der Waals surface area contributed by atoms with Crippen molar-refractivity contribution in [2.24, 2.45) is 0 Å². The summed E-state index contributed by atoms with van der Waals surface area (Å²) < 4.78 is 7.85. The minimum atomic E-state index is -0.456. The van der Waals surface area contributed by atoms with Crippen LogP contribution in [0.15, 0.2) is 89.7 Å². The molecule has 2 aromatic carbocycles. The third kappa shape index (κ3) is 3.80. The number of rotatable bonds is 5. The van der Waals surface area contributed by atoms with Gasteiger partial charge in [0.25, 0.3) is 5.91 Å². The van der Waals surface area contributed by atoms with Crippen LogP contribution in [-0.2, 0) is 4.79 Å². The van der Waals surface area contributed by atoms with Gasteiger partial charge in [0.15, 0.2) is 0 Å². The van der Waals surface area contributed by atoms with Gasteiger partial charge in [-0.3, -0.25) is 14.5 Å². The molecular formula is C27H24ClN3O3. The highest BCUT2D eigenvalue weighted by Gasteiger charge is 2.38. The lowest BCUT2D eigenvalue weighted by Crippen LogP contribution is -2.48. The second-order valence-electron chi connectivity index (χ2n) is 8.51. The molecule has 1 unspecified atom stereocenters. The van der Waals surface area contributed by atoms with E-state index in [0.29, 0.717) is 16.3 Å². The van der Waals surface area contributed by atoms with Gasteiger partial charge in [-0.1, -0.05) is 29.8 Å². The summed E-state index contributed by atoms with van der Waals surface area (Å²) in [5.74, 6) is 0.208. The molecule has 172 valence electrons. The average Bonchev–Trinajstić information content (AvgIpc) is 3.53. The van der Waals surface area contributed by atoms with Crippen molar-refractivity contribution >= 4 is 29.1 Å². The van der Waals surface area contributed by atoms with E-state index in [0.717, 1.165) is 17.1 Å². The number of furan rings is 1. The summed E-state index contributed by atoms with van der Waals surface area (Å²) in [6.07, 6.45) is 3.59. The molecule has 0 radical (unpaired) electrons. The lowest BCUT2D eigenvalue weighted by atomic mass is 10.0. The number of carbonyl (C=O) groups excluding carboxylic acids is 2. The highest BCUT2D eigenvalue weighted by molar-refractivity contribution is 6.31. The smallest absolute Gasteiger partial charge is 0.254 e. The van der Waals surface area contributed by atoms with Crippen molar-refractivity contribution in [3.8, 4) is 5.69 Å². The van der Waals surface area contributed by atoms with Gasteiger partial charge in [-0.2, -0.15) is 0 Å². The molecule has 2 amide bonds. The van der Waals surface area contributed by atoms with Crippen LogP contribution in [0.4, 0.5) is 5.69 Å². The van der Waals surface area contributed by atoms with Crippen molar-refractivity contribution in [3.63, 3.8) is 0 Å². The van der Waals surface area contributed by atoms with Gasteiger partial charge in [-0.15, -0.1) is 0 Å². The third-order valence-electron chi connectivity index (χ3n) is 6.06. The van der Waals surface area contributed by atoms with Crippen LogP contribution >= 0.6 is 11.6 Å². The third-order valence-corrected chi connectivity index (χ3v) is 6.30. The number of anilines is 1. The van der Waals surface area contributed by atoms with Crippen LogP contribution in [-0.4, -0.2) is 33.9 Å². The van der Waals surface area contributed by atoms with E-state index in [1.807, 2.05) is 68.6 Å². The lowest BCUT2D eigenvalue weighted by Gasteiger charge is -2.38. The maximum atomic E-state index is 14.0. The van der Waals surface area contributed by atoms with Gasteiger partial charge in [0.2, 0.25) is 5.91 Å². The number of halogens is 1. The van der Waals surface area contributed by atoms with Crippen LogP contribution in [0, 0.1) is 0 Å². The standard InChI is InChI=1S/C27H24ClN3O3/c1-18(2)30(27(33)19-8-5-9-20(28)16-19)17-25(32)31-22-11-4-3-10-21(22)29-14-6-12-23(29)26(31)24-13-7-15-34-24/h3-16,18,26H,17H2,1-2H3. The molecule has 2 aromatic heterocycles. The molecule has 1 aliphatic rings. The molecule has 0 saturated carbocycles. The highest BCUT2D eigenvalue weighted by atomic mass is 35.5. The normalized spacial score (nSPS) is 14.6. The number of amides is 2. The van der Waals surface area contributed by atoms with E-state index < -0.39 is 6.04 Å². The topological polar surface area (TPSA) is 58.7 Å². The Hall–Kier alpha value is -3.77. The molecule has 3 heterocycles. The predicted molar refractivity (Wildman–Crippen MR) is 131 cm³/mol. The maximum absolute atomic E-state index is 14.0. The molecule has 4 aromatic rings. The molecule has 0 bridgehead atoms. The number of para-hydroxylation sites is 2. The Labute approximate surface area is 203 Å². The first-order chi connectivity index (χ1) is 16.5. The molecule has 0 spiro atoms. The summed E-state index contributed by atoms with van der Waals surface area (Å²) in [4.78, 5) is 30.6. The number of aromatic nitrogens is 1. The number of hydrogen-bond donors (Lipinski definition) is 0. The van der Waals surface area contributed by atoms with E-state index in [1.165, 1.54) is 0 Å². The minimum absolute atomic E-state index is 0.0880.